The van der Waals surface area contributed by atoms with Crippen LogP contribution in [0.25, 0.3) is 11.1 Å². The Morgan fingerprint density at radius 3 is 2.50 bits per heavy atom. The molecule has 1 aromatic carbocycles. The fraction of sp³-hybridized carbons (Fsp3) is 0.143. The molecule has 10 heteroatoms. The number of rotatable bonds is 2. The minimum atomic E-state index is -4.81. The van der Waals surface area contributed by atoms with Crippen molar-refractivity contribution in [3.8, 4) is 11.1 Å². The number of nitrogens with one attached hydrogen (secondary N) is 2. The highest BCUT2D eigenvalue weighted by atomic mass is 19.4. The van der Waals surface area contributed by atoms with Crippen LogP contribution in [0.3, 0.4) is 0 Å². The van der Waals surface area contributed by atoms with Crippen LogP contribution in [0.1, 0.15) is 11.1 Å². The van der Waals surface area contributed by atoms with E-state index in [9.17, 15) is 17.6 Å². The molecule has 1 aliphatic heterocycles. The molecular formula is C14H12F4N6. The molecule has 0 amide bonds. The molecule has 0 radical (unpaired) electrons. The van der Waals surface area contributed by atoms with Gasteiger partial charge < -0.3 is 5.73 Å². The predicted octanol–water partition coefficient (Wildman–Crippen LogP) is 1.40. The molecule has 6 nitrogen and oxygen atoms in total. The Bertz CT molecular complexity index is 805. The van der Waals surface area contributed by atoms with Crippen LogP contribution < -0.4 is 22.3 Å². The molecule has 1 aromatic heterocycles. The van der Waals surface area contributed by atoms with E-state index in [0.29, 0.717) is 0 Å². The van der Waals surface area contributed by atoms with Gasteiger partial charge in [0.1, 0.15) is 5.82 Å². The highest BCUT2D eigenvalue weighted by molar-refractivity contribution is 5.79. The van der Waals surface area contributed by atoms with Gasteiger partial charge in [0.2, 0.25) is 11.7 Å². The summed E-state index contributed by atoms with van der Waals surface area (Å²) in [6.07, 6.45) is -2.28. The monoisotopic (exact) mass is 340 g/mol. The molecule has 0 fully saturated rings. The lowest BCUT2D eigenvalue weighted by Crippen LogP contribution is -2.50. The van der Waals surface area contributed by atoms with Gasteiger partial charge in [-0.3, -0.25) is 16.1 Å². The average Bonchev–Trinajstić information content (AvgIpc) is 2.87. The molecule has 0 aliphatic carbocycles. The number of hydrazine groups is 1. The molecule has 6 N–H and O–H groups in total. The molecule has 1 aliphatic rings. The van der Waals surface area contributed by atoms with Gasteiger partial charge in [-0.05, 0) is 18.2 Å². The summed E-state index contributed by atoms with van der Waals surface area (Å²) in [5, 5.41) is 0. The largest absolute Gasteiger partial charge is 0.417 e. The second kappa shape index (κ2) is 5.42. The SMILES string of the molecule is NC1=NC(N)(c2cc(F)c(-c3cccnc3)c(C(F)(F)F)c2)NN1. The van der Waals surface area contributed by atoms with Crippen LogP contribution in [0, 0.1) is 5.82 Å². The Labute approximate surface area is 133 Å². The third-order valence-corrected chi connectivity index (χ3v) is 3.46. The van der Waals surface area contributed by atoms with Crippen molar-refractivity contribution in [2.45, 2.75) is 12.0 Å². The van der Waals surface area contributed by atoms with Gasteiger partial charge in [-0.15, -0.1) is 0 Å². The predicted molar refractivity (Wildman–Crippen MR) is 78.4 cm³/mol. The Kier molecular flexibility index (Phi) is 3.65. The molecule has 0 saturated carbocycles. The van der Waals surface area contributed by atoms with Gasteiger partial charge in [0.05, 0.1) is 5.56 Å². The Morgan fingerprint density at radius 1 is 1.21 bits per heavy atom. The van der Waals surface area contributed by atoms with Gasteiger partial charge in [0.25, 0.3) is 0 Å². The van der Waals surface area contributed by atoms with Crippen molar-refractivity contribution in [1.82, 2.24) is 15.8 Å². The van der Waals surface area contributed by atoms with E-state index in [2.05, 4.69) is 20.8 Å². The van der Waals surface area contributed by atoms with Gasteiger partial charge in [0.15, 0.2) is 0 Å². The van der Waals surface area contributed by atoms with Gasteiger partial charge in [-0.2, -0.15) is 18.6 Å². The van der Waals surface area contributed by atoms with Crippen molar-refractivity contribution in [2.75, 3.05) is 0 Å². The fourth-order valence-electron chi connectivity index (χ4n) is 2.40. The number of nitrogens with two attached hydrogens (primary N) is 2. The van der Waals surface area contributed by atoms with Crippen molar-refractivity contribution in [3.63, 3.8) is 0 Å². The van der Waals surface area contributed by atoms with E-state index >= 15 is 0 Å². The van der Waals surface area contributed by atoms with Crippen molar-refractivity contribution in [1.29, 1.82) is 0 Å². The number of guanidine groups is 1. The van der Waals surface area contributed by atoms with Crippen LogP contribution in [0.2, 0.25) is 0 Å². The van der Waals surface area contributed by atoms with Gasteiger partial charge >= 0.3 is 6.18 Å². The number of aromatic nitrogens is 1. The number of alkyl halides is 3. The van der Waals surface area contributed by atoms with Crippen molar-refractivity contribution < 1.29 is 17.6 Å². The molecule has 2 aromatic rings. The first kappa shape index (κ1) is 16.1. The highest BCUT2D eigenvalue weighted by Crippen LogP contribution is 2.40. The van der Waals surface area contributed by atoms with E-state index in [1.165, 1.54) is 18.3 Å². The van der Waals surface area contributed by atoms with Crippen LogP contribution in [-0.2, 0) is 12.0 Å². The topological polar surface area (TPSA) is 101 Å². The third-order valence-electron chi connectivity index (χ3n) is 3.46. The van der Waals surface area contributed by atoms with E-state index in [4.69, 9.17) is 11.5 Å². The van der Waals surface area contributed by atoms with Gasteiger partial charge in [-0.1, -0.05) is 6.07 Å². The molecular weight excluding hydrogens is 328 g/mol. The summed E-state index contributed by atoms with van der Waals surface area (Å²) in [4.78, 5) is 7.49. The number of benzene rings is 1. The lowest BCUT2D eigenvalue weighted by Gasteiger charge is -2.23. The summed E-state index contributed by atoms with van der Waals surface area (Å²) < 4.78 is 54.9. The number of hydrogen-bond donors (Lipinski definition) is 4. The highest BCUT2D eigenvalue weighted by Gasteiger charge is 2.39. The molecule has 1 atom stereocenters. The van der Waals surface area contributed by atoms with E-state index in [1.807, 2.05) is 0 Å². The van der Waals surface area contributed by atoms with Gasteiger partial charge in [0, 0.05) is 29.1 Å². The van der Waals surface area contributed by atoms with E-state index in [0.717, 1.165) is 18.3 Å². The van der Waals surface area contributed by atoms with Gasteiger partial charge in [-0.25, -0.2) is 9.38 Å². The molecule has 3 rings (SSSR count). The minimum Gasteiger partial charge on any atom is -0.369 e. The molecule has 0 bridgehead atoms. The number of nitrogens with zero attached hydrogens (tertiary/aromatic N) is 2. The fourth-order valence-corrected chi connectivity index (χ4v) is 2.40. The summed E-state index contributed by atoms with van der Waals surface area (Å²) in [6, 6.07) is 4.38. The smallest absolute Gasteiger partial charge is 0.369 e. The van der Waals surface area contributed by atoms with Crippen molar-refractivity contribution in [2.24, 2.45) is 16.5 Å². The van der Waals surface area contributed by atoms with Crippen LogP contribution in [0.5, 0.6) is 0 Å². The number of hydrogen-bond acceptors (Lipinski definition) is 6. The summed E-state index contributed by atoms with van der Waals surface area (Å²) in [7, 11) is 0. The van der Waals surface area contributed by atoms with Crippen molar-refractivity contribution in [3.05, 3.63) is 53.6 Å². The first-order chi connectivity index (χ1) is 11.2. The number of pyridine rings is 1. The lowest BCUT2D eigenvalue weighted by molar-refractivity contribution is -0.137. The zero-order valence-electron chi connectivity index (χ0n) is 12.0. The Hall–Kier alpha value is -2.72. The normalized spacial score (nSPS) is 20.6. The molecule has 24 heavy (non-hydrogen) atoms. The summed E-state index contributed by atoms with van der Waals surface area (Å²) >= 11 is 0. The zero-order valence-corrected chi connectivity index (χ0v) is 12.0. The van der Waals surface area contributed by atoms with Crippen LogP contribution in [-0.4, -0.2) is 10.9 Å². The van der Waals surface area contributed by atoms with E-state index in [-0.39, 0.29) is 17.1 Å². The maximum absolute atomic E-state index is 14.5. The molecule has 1 unspecified atom stereocenters. The maximum Gasteiger partial charge on any atom is 0.417 e. The summed E-state index contributed by atoms with van der Waals surface area (Å²) in [5.74, 6) is -3.03. The molecule has 2 heterocycles. The van der Waals surface area contributed by atoms with E-state index < -0.39 is 28.9 Å². The number of aliphatic imine (C=N–C) groups is 1. The van der Waals surface area contributed by atoms with Crippen molar-refractivity contribution >= 4 is 5.96 Å². The second-order valence-electron chi connectivity index (χ2n) is 5.13. The van der Waals surface area contributed by atoms with Crippen LogP contribution >= 0.6 is 0 Å². The first-order valence-electron chi connectivity index (χ1n) is 6.70. The van der Waals surface area contributed by atoms with Crippen LogP contribution in [0.4, 0.5) is 17.6 Å². The zero-order chi connectivity index (χ0) is 17.5. The first-order valence-corrected chi connectivity index (χ1v) is 6.70. The molecule has 126 valence electrons. The third kappa shape index (κ3) is 2.76. The Morgan fingerprint density at radius 2 is 1.96 bits per heavy atom. The molecule has 0 spiro atoms. The average molecular weight is 340 g/mol. The quantitative estimate of drug-likeness (QED) is 0.619. The second-order valence-corrected chi connectivity index (χ2v) is 5.13. The van der Waals surface area contributed by atoms with E-state index in [1.54, 1.807) is 0 Å². The lowest BCUT2D eigenvalue weighted by atomic mass is 9.95. The van der Waals surface area contributed by atoms with Crippen LogP contribution in [0.15, 0.2) is 41.7 Å². The summed E-state index contributed by atoms with van der Waals surface area (Å²) in [5.41, 5.74) is 14.0. The Balaban J connectivity index is 2.23. The summed E-state index contributed by atoms with van der Waals surface area (Å²) in [6.45, 7) is 0. The number of halogens is 4. The minimum absolute atomic E-state index is 0.000433. The maximum atomic E-state index is 14.5. The standard InChI is InChI=1S/C14H12F4N6/c15-10-5-8(14(20)22-12(19)23-24-14)4-9(13(16,17)18)11(10)7-2-1-3-21-6-7/h1-6,24H,20H2,(H3,19,22,23). The molecule has 0 saturated heterocycles.